The van der Waals surface area contributed by atoms with E-state index in [1.807, 2.05) is 0 Å². The molecule has 0 bridgehead atoms. The third kappa shape index (κ3) is 3.27. The number of hydrogen-bond acceptors (Lipinski definition) is 2. The summed E-state index contributed by atoms with van der Waals surface area (Å²) in [5.74, 6) is 0.733. The van der Waals surface area contributed by atoms with Crippen molar-refractivity contribution in [1.29, 1.82) is 0 Å². The van der Waals surface area contributed by atoms with Crippen LogP contribution < -0.4 is 10.2 Å². The number of nitrogens with zero attached hydrogens (tertiary/aromatic N) is 1. The van der Waals surface area contributed by atoms with Crippen LogP contribution in [0, 0.1) is 0 Å². The van der Waals surface area contributed by atoms with Gasteiger partial charge in [-0.05, 0) is 60.7 Å². The Morgan fingerprint density at radius 3 is 1.86 bits per heavy atom. The van der Waals surface area contributed by atoms with Crippen LogP contribution in [-0.4, -0.2) is 27.2 Å². The second kappa shape index (κ2) is 6.31. The highest BCUT2D eigenvalue weighted by molar-refractivity contribution is 5.66. The van der Waals surface area contributed by atoms with Crippen molar-refractivity contribution in [2.45, 2.75) is 18.8 Å². The van der Waals surface area contributed by atoms with Crippen molar-refractivity contribution in [3.63, 3.8) is 0 Å². The molecule has 1 heterocycles. The van der Waals surface area contributed by atoms with Crippen molar-refractivity contribution in [1.82, 2.24) is 5.32 Å². The molecule has 2 aromatic carbocycles. The molecule has 1 fully saturated rings. The molecular weight excluding hydrogens is 256 g/mol. The Balaban J connectivity index is 1.76. The molecule has 1 aliphatic rings. The second-order valence-electron chi connectivity index (χ2n) is 6.09. The minimum atomic E-state index is 0.733. The molecule has 2 aromatic rings. The summed E-state index contributed by atoms with van der Waals surface area (Å²) in [7, 11) is 4.14. The molecule has 0 atom stereocenters. The average Bonchev–Trinajstić information content (AvgIpc) is 2.56. The van der Waals surface area contributed by atoms with Crippen LogP contribution in [0.15, 0.2) is 48.5 Å². The number of benzene rings is 2. The van der Waals surface area contributed by atoms with Crippen LogP contribution >= 0.6 is 0 Å². The Hall–Kier alpha value is -1.80. The lowest BCUT2D eigenvalue weighted by Crippen LogP contribution is -2.26. The zero-order valence-electron chi connectivity index (χ0n) is 13.0. The molecule has 0 radical (unpaired) electrons. The summed E-state index contributed by atoms with van der Waals surface area (Å²) in [5, 5.41) is 3.43. The molecule has 0 aliphatic carbocycles. The molecule has 0 unspecified atom stereocenters. The molecule has 2 heteroatoms. The van der Waals surface area contributed by atoms with Gasteiger partial charge in [0.2, 0.25) is 0 Å². The van der Waals surface area contributed by atoms with E-state index in [0.717, 1.165) is 19.0 Å². The van der Waals surface area contributed by atoms with Crippen LogP contribution in [-0.2, 0) is 0 Å². The van der Waals surface area contributed by atoms with Gasteiger partial charge in [-0.2, -0.15) is 0 Å². The van der Waals surface area contributed by atoms with E-state index >= 15 is 0 Å². The fraction of sp³-hybridized carbons (Fsp3) is 0.368. The van der Waals surface area contributed by atoms with Crippen LogP contribution in [0.2, 0.25) is 0 Å². The van der Waals surface area contributed by atoms with Crippen LogP contribution in [0.5, 0.6) is 0 Å². The maximum atomic E-state index is 3.43. The predicted molar refractivity (Wildman–Crippen MR) is 91.0 cm³/mol. The fourth-order valence-corrected chi connectivity index (χ4v) is 3.06. The zero-order chi connectivity index (χ0) is 14.7. The van der Waals surface area contributed by atoms with Crippen LogP contribution in [0.4, 0.5) is 5.69 Å². The number of nitrogens with one attached hydrogen (secondary N) is 1. The molecule has 21 heavy (non-hydrogen) atoms. The molecule has 2 nitrogen and oxygen atoms in total. The summed E-state index contributed by atoms with van der Waals surface area (Å²) in [4.78, 5) is 2.13. The van der Waals surface area contributed by atoms with Crippen molar-refractivity contribution in [2.75, 3.05) is 32.1 Å². The summed E-state index contributed by atoms with van der Waals surface area (Å²) in [5.41, 5.74) is 5.32. The maximum absolute atomic E-state index is 3.43. The minimum Gasteiger partial charge on any atom is -0.378 e. The normalized spacial score (nSPS) is 15.9. The Labute approximate surface area is 127 Å². The van der Waals surface area contributed by atoms with E-state index in [9.17, 15) is 0 Å². The van der Waals surface area contributed by atoms with Crippen molar-refractivity contribution in [3.8, 4) is 11.1 Å². The number of rotatable bonds is 3. The lowest BCUT2D eigenvalue weighted by Gasteiger charge is -2.23. The highest BCUT2D eigenvalue weighted by Crippen LogP contribution is 2.28. The standard InChI is InChI=1S/C19H24N2/c1-21(2)19-9-7-17(8-10-19)15-3-5-16(6-4-15)18-11-13-20-14-12-18/h3-10,18,20H,11-14H2,1-2H3. The third-order valence-corrected chi connectivity index (χ3v) is 4.44. The monoisotopic (exact) mass is 280 g/mol. The number of hydrogen-bond donors (Lipinski definition) is 1. The zero-order valence-corrected chi connectivity index (χ0v) is 13.0. The van der Waals surface area contributed by atoms with Gasteiger partial charge in [0.1, 0.15) is 0 Å². The summed E-state index contributed by atoms with van der Waals surface area (Å²) >= 11 is 0. The van der Waals surface area contributed by atoms with Gasteiger partial charge >= 0.3 is 0 Å². The van der Waals surface area contributed by atoms with Crippen molar-refractivity contribution in [2.24, 2.45) is 0 Å². The molecule has 110 valence electrons. The van der Waals surface area contributed by atoms with E-state index in [-0.39, 0.29) is 0 Å². The van der Waals surface area contributed by atoms with E-state index in [2.05, 4.69) is 72.8 Å². The molecule has 0 saturated carbocycles. The molecule has 1 N–H and O–H groups in total. The Kier molecular flexibility index (Phi) is 4.26. The summed E-state index contributed by atoms with van der Waals surface area (Å²) in [6, 6.07) is 17.9. The van der Waals surface area contributed by atoms with E-state index in [4.69, 9.17) is 0 Å². The Morgan fingerprint density at radius 2 is 1.33 bits per heavy atom. The van der Waals surface area contributed by atoms with Crippen molar-refractivity contribution >= 4 is 5.69 Å². The van der Waals surface area contributed by atoms with Gasteiger partial charge in [0.15, 0.2) is 0 Å². The molecule has 1 saturated heterocycles. The number of piperidine rings is 1. The van der Waals surface area contributed by atoms with Crippen LogP contribution in [0.25, 0.3) is 11.1 Å². The fourth-order valence-electron chi connectivity index (χ4n) is 3.06. The molecular formula is C19H24N2. The smallest absolute Gasteiger partial charge is 0.0361 e. The molecule has 3 rings (SSSR count). The summed E-state index contributed by atoms with van der Waals surface area (Å²) < 4.78 is 0. The largest absolute Gasteiger partial charge is 0.378 e. The topological polar surface area (TPSA) is 15.3 Å². The van der Waals surface area contributed by atoms with Crippen molar-refractivity contribution < 1.29 is 0 Å². The van der Waals surface area contributed by atoms with E-state index in [1.165, 1.54) is 35.2 Å². The van der Waals surface area contributed by atoms with E-state index in [1.54, 1.807) is 0 Å². The van der Waals surface area contributed by atoms with Crippen LogP contribution in [0.3, 0.4) is 0 Å². The highest BCUT2D eigenvalue weighted by atomic mass is 15.1. The first-order valence-electron chi connectivity index (χ1n) is 7.82. The predicted octanol–water partition coefficient (Wildman–Crippen LogP) is 3.89. The lowest BCUT2D eigenvalue weighted by molar-refractivity contribution is 0.460. The van der Waals surface area contributed by atoms with Gasteiger partial charge in [0.05, 0.1) is 0 Å². The average molecular weight is 280 g/mol. The van der Waals surface area contributed by atoms with Crippen molar-refractivity contribution in [3.05, 3.63) is 54.1 Å². The SMILES string of the molecule is CN(C)c1ccc(-c2ccc(C3CCNCC3)cc2)cc1. The first-order chi connectivity index (χ1) is 10.2. The molecule has 1 aliphatic heterocycles. The first-order valence-corrected chi connectivity index (χ1v) is 7.82. The number of anilines is 1. The summed E-state index contributed by atoms with van der Waals surface area (Å²) in [6.45, 7) is 2.30. The highest BCUT2D eigenvalue weighted by Gasteiger charge is 2.14. The second-order valence-corrected chi connectivity index (χ2v) is 6.09. The van der Waals surface area contributed by atoms with Gasteiger partial charge in [-0.3, -0.25) is 0 Å². The Morgan fingerprint density at radius 1 is 0.810 bits per heavy atom. The third-order valence-electron chi connectivity index (χ3n) is 4.44. The van der Waals surface area contributed by atoms with E-state index < -0.39 is 0 Å². The lowest BCUT2D eigenvalue weighted by atomic mass is 9.89. The Bertz CT molecular complexity index is 564. The molecule has 0 amide bonds. The van der Waals surface area contributed by atoms with Gasteiger partial charge < -0.3 is 10.2 Å². The minimum absolute atomic E-state index is 0.733. The van der Waals surface area contributed by atoms with Gasteiger partial charge in [0, 0.05) is 19.8 Å². The van der Waals surface area contributed by atoms with Gasteiger partial charge in [-0.15, -0.1) is 0 Å². The maximum Gasteiger partial charge on any atom is 0.0361 e. The van der Waals surface area contributed by atoms with Gasteiger partial charge in [0.25, 0.3) is 0 Å². The molecule has 0 spiro atoms. The first kappa shape index (κ1) is 14.2. The quantitative estimate of drug-likeness (QED) is 0.917. The van der Waals surface area contributed by atoms with E-state index in [0.29, 0.717) is 0 Å². The summed E-state index contributed by atoms with van der Waals surface area (Å²) in [6.07, 6.45) is 2.52. The van der Waals surface area contributed by atoms with Gasteiger partial charge in [-0.1, -0.05) is 36.4 Å². The molecule has 0 aromatic heterocycles. The van der Waals surface area contributed by atoms with Crippen LogP contribution in [0.1, 0.15) is 24.3 Å². The van der Waals surface area contributed by atoms with Gasteiger partial charge in [-0.25, -0.2) is 0 Å².